The third-order valence-corrected chi connectivity index (χ3v) is 6.15. The summed E-state index contributed by atoms with van der Waals surface area (Å²) >= 11 is 15.7. The zero-order chi connectivity index (χ0) is 14.9. The molecule has 1 N–H and O–H groups in total. The molecule has 2 aromatic heterocycles. The van der Waals surface area contributed by atoms with E-state index in [-0.39, 0.29) is 11.5 Å². The number of nitrogens with one attached hydrogen (secondary N) is 1. The van der Waals surface area contributed by atoms with Gasteiger partial charge in [-0.1, -0.05) is 50.9 Å². The predicted octanol–water partition coefficient (Wildman–Crippen LogP) is 6.11. The summed E-state index contributed by atoms with van der Waals surface area (Å²) in [7, 11) is 0. The standard InChI is InChI=1S/C15H19Cl2NS2/c1-5-18-13(9-8-12(16)20-14(9)17)10-6-7-11(19-10)15(2,3)4/h6-8,13,18H,5H2,1-4H3. The lowest BCUT2D eigenvalue weighted by Crippen LogP contribution is -2.20. The van der Waals surface area contributed by atoms with Gasteiger partial charge in [-0.2, -0.15) is 0 Å². The van der Waals surface area contributed by atoms with Crippen LogP contribution in [0.2, 0.25) is 8.67 Å². The van der Waals surface area contributed by atoms with Gasteiger partial charge in [0.25, 0.3) is 0 Å². The highest BCUT2D eigenvalue weighted by molar-refractivity contribution is 7.20. The molecular weight excluding hydrogens is 329 g/mol. The zero-order valence-corrected chi connectivity index (χ0v) is 15.2. The van der Waals surface area contributed by atoms with Crippen LogP contribution in [0.4, 0.5) is 0 Å². The SMILES string of the molecule is CCNC(c1ccc(C(C)(C)C)s1)c1cc(Cl)sc1Cl. The van der Waals surface area contributed by atoms with E-state index < -0.39 is 0 Å². The second-order valence-corrected chi connectivity index (χ2v) is 9.12. The molecule has 0 aliphatic rings. The average molecular weight is 348 g/mol. The fraction of sp³-hybridized carbons (Fsp3) is 0.467. The summed E-state index contributed by atoms with van der Waals surface area (Å²) in [5.41, 5.74) is 1.25. The van der Waals surface area contributed by atoms with E-state index >= 15 is 0 Å². The van der Waals surface area contributed by atoms with Gasteiger partial charge in [-0.3, -0.25) is 0 Å². The lowest BCUT2D eigenvalue weighted by atomic mass is 9.95. The van der Waals surface area contributed by atoms with Crippen molar-refractivity contribution in [2.24, 2.45) is 0 Å². The molecule has 0 aliphatic carbocycles. The number of halogens is 2. The van der Waals surface area contributed by atoms with Gasteiger partial charge in [0, 0.05) is 15.3 Å². The van der Waals surface area contributed by atoms with Crippen molar-refractivity contribution in [3.05, 3.63) is 42.2 Å². The van der Waals surface area contributed by atoms with Crippen molar-refractivity contribution in [1.29, 1.82) is 0 Å². The van der Waals surface area contributed by atoms with Gasteiger partial charge in [0.05, 0.1) is 14.7 Å². The highest BCUT2D eigenvalue weighted by Crippen LogP contribution is 2.40. The maximum Gasteiger partial charge on any atom is 0.0995 e. The van der Waals surface area contributed by atoms with Crippen LogP contribution in [0.3, 0.4) is 0 Å². The van der Waals surface area contributed by atoms with Gasteiger partial charge in [0.2, 0.25) is 0 Å². The molecule has 1 unspecified atom stereocenters. The van der Waals surface area contributed by atoms with Crippen LogP contribution >= 0.6 is 45.9 Å². The molecule has 2 aromatic rings. The van der Waals surface area contributed by atoms with Crippen LogP contribution in [-0.4, -0.2) is 6.54 Å². The van der Waals surface area contributed by atoms with Crippen LogP contribution in [-0.2, 0) is 5.41 Å². The Morgan fingerprint density at radius 1 is 1.20 bits per heavy atom. The summed E-state index contributed by atoms with van der Waals surface area (Å²) in [6, 6.07) is 6.50. The molecule has 0 radical (unpaired) electrons. The van der Waals surface area contributed by atoms with Gasteiger partial charge in [-0.15, -0.1) is 22.7 Å². The van der Waals surface area contributed by atoms with Gasteiger partial charge < -0.3 is 5.32 Å². The van der Waals surface area contributed by atoms with Crippen molar-refractivity contribution in [1.82, 2.24) is 5.32 Å². The topological polar surface area (TPSA) is 12.0 Å². The van der Waals surface area contributed by atoms with Crippen molar-refractivity contribution in [2.75, 3.05) is 6.54 Å². The minimum Gasteiger partial charge on any atom is -0.306 e. The van der Waals surface area contributed by atoms with Gasteiger partial charge >= 0.3 is 0 Å². The summed E-state index contributed by atoms with van der Waals surface area (Å²) in [4.78, 5) is 2.67. The Hall–Kier alpha value is -0.0600. The molecule has 0 fully saturated rings. The maximum absolute atomic E-state index is 6.32. The van der Waals surface area contributed by atoms with Crippen LogP contribution in [0.25, 0.3) is 0 Å². The Morgan fingerprint density at radius 3 is 2.35 bits per heavy atom. The molecule has 2 heterocycles. The Bertz CT molecular complexity index is 581. The molecule has 0 spiro atoms. The molecule has 0 aromatic carbocycles. The van der Waals surface area contributed by atoms with Gasteiger partial charge in [0.1, 0.15) is 0 Å². The number of hydrogen-bond donors (Lipinski definition) is 1. The molecule has 110 valence electrons. The summed E-state index contributed by atoms with van der Waals surface area (Å²) in [6.07, 6.45) is 0. The van der Waals surface area contributed by atoms with Gasteiger partial charge in [-0.05, 0) is 30.2 Å². The van der Waals surface area contributed by atoms with Crippen LogP contribution in [0.5, 0.6) is 0 Å². The van der Waals surface area contributed by atoms with Crippen molar-refractivity contribution in [3.63, 3.8) is 0 Å². The van der Waals surface area contributed by atoms with E-state index in [1.165, 1.54) is 21.1 Å². The molecule has 0 amide bonds. The van der Waals surface area contributed by atoms with Crippen LogP contribution < -0.4 is 5.32 Å². The second kappa shape index (κ2) is 6.37. The number of rotatable bonds is 4. The summed E-state index contributed by atoms with van der Waals surface area (Å²) in [5, 5.41) is 3.51. The van der Waals surface area contributed by atoms with E-state index in [0.29, 0.717) is 0 Å². The first kappa shape index (κ1) is 16.3. The minimum atomic E-state index is 0.123. The third kappa shape index (κ3) is 3.58. The van der Waals surface area contributed by atoms with Crippen molar-refractivity contribution in [3.8, 4) is 0 Å². The Morgan fingerprint density at radius 2 is 1.90 bits per heavy atom. The molecular formula is C15H19Cl2NS2. The Labute approximate surface area is 138 Å². The predicted molar refractivity (Wildman–Crippen MR) is 92.9 cm³/mol. The molecule has 0 saturated carbocycles. The van der Waals surface area contributed by atoms with E-state index in [0.717, 1.165) is 20.8 Å². The molecule has 1 nitrogen and oxygen atoms in total. The smallest absolute Gasteiger partial charge is 0.0995 e. The molecule has 1 atom stereocenters. The molecule has 2 rings (SSSR count). The fourth-order valence-electron chi connectivity index (χ4n) is 2.03. The zero-order valence-electron chi connectivity index (χ0n) is 12.1. The van der Waals surface area contributed by atoms with E-state index in [2.05, 4.69) is 45.1 Å². The number of thiophene rings is 2. The Kier molecular flexibility index (Phi) is 5.19. The van der Waals surface area contributed by atoms with Crippen molar-refractivity contribution >= 4 is 45.9 Å². The maximum atomic E-state index is 6.32. The quantitative estimate of drug-likeness (QED) is 0.702. The van der Waals surface area contributed by atoms with Crippen LogP contribution in [0.1, 0.15) is 49.1 Å². The molecule has 0 bridgehead atoms. The van der Waals surface area contributed by atoms with E-state index in [4.69, 9.17) is 23.2 Å². The first-order chi connectivity index (χ1) is 9.32. The highest BCUT2D eigenvalue weighted by Gasteiger charge is 2.23. The highest BCUT2D eigenvalue weighted by atomic mass is 35.5. The first-order valence-electron chi connectivity index (χ1n) is 6.61. The van der Waals surface area contributed by atoms with E-state index in [9.17, 15) is 0 Å². The molecule has 20 heavy (non-hydrogen) atoms. The van der Waals surface area contributed by atoms with Crippen LogP contribution in [0, 0.1) is 0 Å². The molecule has 0 saturated heterocycles. The third-order valence-electron chi connectivity index (χ3n) is 3.05. The van der Waals surface area contributed by atoms with Crippen LogP contribution in [0.15, 0.2) is 18.2 Å². The minimum absolute atomic E-state index is 0.123. The Balaban J connectivity index is 2.39. The lowest BCUT2D eigenvalue weighted by molar-refractivity contribution is 0.604. The monoisotopic (exact) mass is 347 g/mol. The van der Waals surface area contributed by atoms with E-state index in [1.807, 2.05) is 17.4 Å². The van der Waals surface area contributed by atoms with E-state index in [1.54, 1.807) is 0 Å². The first-order valence-corrected chi connectivity index (χ1v) is 9.00. The summed E-state index contributed by atoms with van der Waals surface area (Å²) in [6.45, 7) is 9.70. The normalized spacial score (nSPS) is 13.7. The van der Waals surface area contributed by atoms with Gasteiger partial charge in [-0.25, -0.2) is 0 Å². The van der Waals surface area contributed by atoms with Crippen molar-refractivity contribution < 1.29 is 0 Å². The fourth-order valence-corrected chi connectivity index (χ4v) is 4.72. The summed E-state index contributed by atoms with van der Waals surface area (Å²) in [5.74, 6) is 0. The lowest BCUT2D eigenvalue weighted by Gasteiger charge is -2.18. The van der Waals surface area contributed by atoms with Crippen molar-refractivity contribution in [2.45, 2.75) is 39.2 Å². The largest absolute Gasteiger partial charge is 0.306 e. The summed E-state index contributed by atoms with van der Waals surface area (Å²) < 4.78 is 1.51. The number of hydrogen-bond acceptors (Lipinski definition) is 3. The van der Waals surface area contributed by atoms with Gasteiger partial charge in [0.15, 0.2) is 0 Å². The average Bonchev–Trinajstić information content (AvgIpc) is 2.92. The molecule has 5 heteroatoms. The molecule has 0 aliphatic heterocycles. The second-order valence-electron chi connectivity index (χ2n) is 5.72.